The number of hydrogen-bond donors (Lipinski definition) is 1. The van der Waals surface area contributed by atoms with Crippen LogP contribution in [0.5, 0.6) is 0 Å². The first-order chi connectivity index (χ1) is 12.0. The van der Waals surface area contributed by atoms with E-state index in [4.69, 9.17) is 4.74 Å². The summed E-state index contributed by atoms with van der Waals surface area (Å²) < 4.78 is 5.31. The minimum absolute atomic E-state index is 0.0420. The van der Waals surface area contributed by atoms with Crippen molar-refractivity contribution in [1.29, 1.82) is 0 Å². The number of benzene rings is 1. The number of hydrogen-bond acceptors (Lipinski definition) is 4. The van der Waals surface area contributed by atoms with Crippen LogP contribution in [0.1, 0.15) is 30.6 Å². The number of nitrogens with one attached hydrogen (secondary N) is 1. The molecule has 2 atom stereocenters. The normalized spacial score (nSPS) is 17.8. The summed E-state index contributed by atoms with van der Waals surface area (Å²) in [6, 6.07) is 7.07. The number of nitrogens with zero attached hydrogens (tertiary/aromatic N) is 2. The minimum atomic E-state index is -0.475. The highest BCUT2D eigenvalue weighted by molar-refractivity contribution is 5.97. The van der Waals surface area contributed by atoms with Crippen molar-refractivity contribution in [3.63, 3.8) is 0 Å². The second kappa shape index (κ2) is 8.97. The molecule has 2 rings (SSSR count). The van der Waals surface area contributed by atoms with Gasteiger partial charge in [-0.05, 0) is 37.2 Å². The van der Waals surface area contributed by atoms with E-state index in [2.05, 4.69) is 17.3 Å². The van der Waals surface area contributed by atoms with E-state index in [0.717, 1.165) is 32.6 Å². The molecule has 0 radical (unpaired) electrons. The van der Waals surface area contributed by atoms with Crippen molar-refractivity contribution >= 4 is 17.5 Å². The zero-order valence-electron chi connectivity index (χ0n) is 15.6. The second-order valence-corrected chi connectivity index (χ2v) is 6.70. The first-order valence-electron chi connectivity index (χ1n) is 8.87. The van der Waals surface area contributed by atoms with Crippen LogP contribution in [0.4, 0.5) is 5.69 Å². The number of anilines is 1. The molecule has 1 aliphatic rings. The van der Waals surface area contributed by atoms with Crippen molar-refractivity contribution < 1.29 is 14.3 Å². The smallest absolute Gasteiger partial charge is 0.253 e. The van der Waals surface area contributed by atoms with Crippen LogP contribution in [-0.4, -0.2) is 68.1 Å². The zero-order valence-corrected chi connectivity index (χ0v) is 15.6. The molecule has 0 spiro atoms. The molecule has 1 aromatic rings. The van der Waals surface area contributed by atoms with Crippen LogP contribution in [0, 0.1) is 5.92 Å². The van der Waals surface area contributed by atoms with Gasteiger partial charge in [0, 0.05) is 44.5 Å². The maximum Gasteiger partial charge on any atom is 0.253 e. The van der Waals surface area contributed by atoms with Gasteiger partial charge in [-0.15, -0.1) is 0 Å². The van der Waals surface area contributed by atoms with Gasteiger partial charge in [-0.3, -0.25) is 9.59 Å². The molecule has 0 aromatic heterocycles. The molecule has 25 heavy (non-hydrogen) atoms. The van der Waals surface area contributed by atoms with E-state index < -0.39 is 6.10 Å². The van der Waals surface area contributed by atoms with Gasteiger partial charge < -0.3 is 19.9 Å². The first-order valence-corrected chi connectivity index (χ1v) is 8.87. The molecule has 2 amide bonds. The fraction of sp³-hybridized carbons (Fsp3) is 0.579. The Morgan fingerprint density at radius 3 is 2.28 bits per heavy atom. The van der Waals surface area contributed by atoms with Gasteiger partial charge in [0.2, 0.25) is 0 Å². The monoisotopic (exact) mass is 347 g/mol. The molecule has 0 aliphatic carbocycles. The predicted octanol–water partition coefficient (Wildman–Crippen LogP) is 2.07. The fourth-order valence-electron chi connectivity index (χ4n) is 2.91. The second-order valence-electron chi connectivity index (χ2n) is 6.70. The zero-order chi connectivity index (χ0) is 18.4. The van der Waals surface area contributed by atoms with E-state index in [9.17, 15) is 9.59 Å². The molecule has 1 fully saturated rings. The Kier molecular flexibility index (Phi) is 6.96. The van der Waals surface area contributed by atoms with Crippen molar-refractivity contribution in [2.24, 2.45) is 5.92 Å². The van der Waals surface area contributed by atoms with Crippen LogP contribution in [-0.2, 0) is 9.53 Å². The third-order valence-electron chi connectivity index (χ3n) is 4.86. The summed E-state index contributed by atoms with van der Waals surface area (Å²) in [4.78, 5) is 28.9. The van der Waals surface area contributed by atoms with Crippen molar-refractivity contribution in [2.45, 2.75) is 26.4 Å². The lowest BCUT2D eigenvalue weighted by atomic mass is 10.0. The van der Waals surface area contributed by atoms with Crippen molar-refractivity contribution in [1.82, 2.24) is 9.80 Å². The lowest BCUT2D eigenvalue weighted by molar-refractivity contribution is -0.128. The Bertz CT molecular complexity index is 580. The Morgan fingerprint density at radius 1 is 1.16 bits per heavy atom. The minimum Gasteiger partial charge on any atom is -0.371 e. The van der Waals surface area contributed by atoms with E-state index in [1.807, 2.05) is 18.7 Å². The standard InChI is InChI=1S/C19H29N3O3/c1-5-14(2)17(25-4)18(23)20-16-8-6-15(7-9-16)19(24)22-12-10-21(3)11-13-22/h6-9,14,17H,5,10-13H2,1-4H3,(H,20,23)/t14-,17+/m0/s1. The number of likely N-dealkylation sites (N-methyl/N-ethyl adjacent to an activating group) is 1. The molecule has 138 valence electrons. The SMILES string of the molecule is CC[C@H](C)[C@@H](OC)C(=O)Nc1ccc(C(=O)N2CCN(C)CC2)cc1. The predicted molar refractivity (Wildman–Crippen MR) is 98.7 cm³/mol. The van der Waals surface area contributed by atoms with E-state index in [1.165, 1.54) is 0 Å². The van der Waals surface area contributed by atoms with E-state index in [0.29, 0.717) is 11.3 Å². The molecule has 0 unspecified atom stereocenters. The van der Waals surface area contributed by atoms with Crippen LogP contribution in [0.3, 0.4) is 0 Å². The maximum absolute atomic E-state index is 12.5. The largest absolute Gasteiger partial charge is 0.371 e. The molecule has 1 aromatic carbocycles. The summed E-state index contributed by atoms with van der Waals surface area (Å²) >= 11 is 0. The van der Waals surface area contributed by atoms with Gasteiger partial charge in [-0.2, -0.15) is 0 Å². The van der Waals surface area contributed by atoms with E-state index in [1.54, 1.807) is 31.4 Å². The number of piperazine rings is 1. The highest BCUT2D eigenvalue weighted by Gasteiger charge is 2.24. The summed E-state index contributed by atoms with van der Waals surface area (Å²) in [5.41, 5.74) is 1.32. The Balaban J connectivity index is 1.97. The molecule has 1 aliphatic heterocycles. The molecule has 0 bridgehead atoms. The van der Waals surface area contributed by atoms with Crippen molar-refractivity contribution in [2.75, 3.05) is 45.7 Å². The average Bonchev–Trinajstić information content (AvgIpc) is 2.62. The summed E-state index contributed by atoms with van der Waals surface area (Å²) in [5, 5.41) is 2.86. The number of carbonyl (C=O) groups is 2. The van der Waals surface area contributed by atoms with Gasteiger partial charge in [-0.1, -0.05) is 20.3 Å². The number of methoxy groups -OCH3 is 1. The number of rotatable bonds is 6. The van der Waals surface area contributed by atoms with Gasteiger partial charge in [0.1, 0.15) is 6.10 Å². The third-order valence-corrected chi connectivity index (χ3v) is 4.86. The quantitative estimate of drug-likeness (QED) is 0.856. The summed E-state index contributed by atoms with van der Waals surface area (Å²) in [6.07, 6.45) is 0.390. The Labute approximate surface area is 150 Å². The molecule has 6 heteroatoms. The first kappa shape index (κ1) is 19.4. The van der Waals surface area contributed by atoms with Gasteiger partial charge in [0.25, 0.3) is 11.8 Å². The fourth-order valence-corrected chi connectivity index (χ4v) is 2.91. The van der Waals surface area contributed by atoms with Gasteiger partial charge in [0.05, 0.1) is 0 Å². The lowest BCUT2D eigenvalue weighted by Crippen LogP contribution is -2.47. The molecular formula is C19H29N3O3. The van der Waals surface area contributed by atoms with Crippen LogP contribution >= 0.6 is 0 Å². The summed E-state index contributed by atoms with van der Waals surface area (Å²) in [6.45, 7) is 7.31. The summed E-state index contributed by atoms with van der Waals surface area (Å²) in [5.74, 6) is 0.0263. The topological polar surface area (TPSA) is 61.9 Å². The summed E-state index contributed by atoms with van der Waals surface area (Å²) in [7, 11) is 3.61. The van der Waals surface area contributed by atoms with Crippen LogP contribution in [0.2, 0.25) is 0 Å². The molecule has 1 N–H and O–H groups in total. The Morgan fingerprint density at radius 2 is 1.76 bits per heavy atom. The molecular weight excluding hydrogens is 318 g/mol. The van der Waals surface area contributed by atoms with Gasteiger partial charge in [0.15, 0.2) is 0 Å². The maximum atomic E-state index is 12.5. The molecule has 6 nitrogen and oxygen atoms in total. The Hall–Kier alpha value is -1.92. The number of carbonyl (C=O) groups excluding carboxylic acids is 2. The van der Waals surface area contributed by atoms with Crippen LogP contribution < -0.4 is 5.32 Å². The lowest BCUT2D eigenvalue weighted by Gasteiger charge is -2.32. The molecule has 0 saturated carbocycles. The third kappa shape index (κ3) is 5.03. The van der Waals surface area contributed by atoms with Crippen LogP contribution in [0.15, 0.2) is 24.3 Å². The van der Waals surface area contributed by atoms with Crippen LogP contribution in [0.25, 0.3) is 0 Å². The highest BCUT2D eigenvalue weighted by Crippen LogP contribution is 2.16. The van der Waals surface area contributed by atoms with E-state index in [-0.39, 0.29) is 17.7 Å². The van der Waals surface area contributed by atoms with Gasteiger partial charge >= 0.3 is 0 Å². The number of ether oxygens (including phenoxy) is 1. The van der Waals surface area contributed by atoms with Gasteiger partial charge in [-0.25, -0.2) is 0 Å². The van der Waals surface area contributed by atoms with E-state index >= 15 is 0 Å². The average molecular weight is 347 g/mol. The molecule has 1 heterocycles. The number of amides is 2. The highest BCUT2D eigenvalue weighted by atomic mass is 16.5. The molecule has 1 saturated heterocycles. The van der Waals surface area contributed by atoms with Crippen molar-refractivity contribution in [3.05, 3.63) is 29.8 Å². The van der Waals surface area contributed by atoms with Crippen molar-refractivity contribution in [3.8, 4) is 0 Å².